The van der Waals surface area contributed by atoms with E-state index in [2.05, 4.69) is 6.92 Å². The molecule has 4 nitrogen and oxygen atoms in total. The minimum absolute atomic E-state index is 0.0681. The second kappa shape index (κ2) is 8.37. The van der Waals surface area contributed by atoms with Gasteiger partial charge in [-0.3, -0.25) is 4.79 Å². The Morgan fingerprint density at radius 2 is 1.92 bits per heavy atom. The smallest absolute Gasteiger partial charge is 0.254 e. The molecule has 1 fully saturated rings. The third-order valence-corrected chi connectivity index (χ3v) is 5.18. The minimum atomic E-state index is -0.0681. The number of rotatable bonds is 6. The molecular formula is C22H27NO3. The number of likely N-dealkylation sites (tertiary alicyclic amines) is 1. The number of carbonyl (C=O) groups excluding carboxylic acids is 1. The molecule has 4 heteroatoms. The molecule has 0 aromatic heterocycles. The van der Waals surface area contributed by atoms with Gasteiger partial charge in [-0.15, -0.1) is 0 Å². The standard InChI is InChI=1S/C22H27NO3/c1-3-5-20-6-4-13-23(20)22(25)17-9-7-16(8-10-17)18-11-12-21(26-2)19(14-18)15-24/h7-12,14,20,24H,3-6,13,15H2,1-2H3. The first-order valence-corrected chi connectivity index (χ1v) is 9.37. The van der Waals surface area contributed by atoms with Crippen molar-refractivity contribution in [3.8, 4) is 16.9 Å². The molecule has 1 aliphatic rings. The quantitative estimate of drug-likeness (QED) is 0.844. The van der Waals surface area contributed by atoms with Gasteiger partial charge in [0.25, 0.3) is 5.91 Å². The SMILES string of the molecule is CCCC1CCCN1C(=O)c1ccc(-c2ccc(OC)c(CO)c2)cc1. The average Bonchev–Trinajstić information content (AvgIpc) is 3.15. The summed E-state index contributed by atoms with van der Waals surface area (Å²) in [5.74, 6) is 0.817. The molecule has 1 aliphatic heterocycles. The zero-order valence-corrected chi connectivity index (χ0v) is 15.6. The molecule has 0 saturated carbocycles. The average molecular weight is 353 g/mol. The van der Waals surface area contributed by atoms with Crippen LogP contribution in [0, 0.1) is 0 Å². The first kappa shape index (κ1) is 18.5. The van der Waals surface area contributed by atoms with E-state index in [9.17, 15) is 9.90 Å². The van der Waals surface area contributed by atoms with E-state index in [-0.39, 0.29) is 12.5 Å². The van der Waals surface area contributed by atoms with Gasteiger partial charge in [-0.25, -0.2) is 0 Å². The molecule has 2 aromatic carbocycles. The van der Waals surface area contributed by atoms with Crippen molar-refractivity contribution in [3.63, 3.8) is 0 Å². The van der Waals surface area contributed by atoms with Crippen molar-refractivity contribution in [1.29, 1.82) is 0 Å². The molecule has 0 bridgehead atoms. The van der Waals surface area contributed by atoms with Gasteiger partial charge in [-0.1, -0.05) is 31.5 Å². The molecular weight excluding hydrogens is 326 g/mol. The third kappa shape index (κ3) is 3.75. The molecule has 1 saturated heterocycles. The summed E-state index contributed by atoms with van der Waals surface area (Å²) in [6.45, 7) is 2.97. The number of hydrogen-bond donors (Lipinski definition) is 1. The highest BCUT2D eigenvalue weighted by Gasteiger charge is 2.28. The number of ether oxygens (including phenoxy) is 1. The van der Waals surface area contributed by atoms with E-state index in [1.54, 1.807) is 7.11 Å². The minimum Gasteiger partial charge on any atom is -0.496 e. The molecule has 1 amide bonds. The van der Waals surface area contributed by atoms with Crippen LogP contribution in [0.5, 0.6) is 5.75 Å². The fourth-order valence-corrected chi connectivity index (χ4v) is 3.79. The Bertz CT molecular complexity index is 754. The number of benzene rings is 2. The van der Waals surface area contributed by atoms with Crippen LogP contribution in [0.1, 0.15) is 48.5 Å². The molecule has 0 aliphatic carbocycles. The van der Waals surface area contributed by atoms with Gasteiger partial charge < -0.3 is 14.7 Å². The number of methoxy groups -OCH3 is 1. The van der Waals surface area contributed by atoms with Crippen LogP contribution in [-0.4, -0.2) is 35.6 Å². The van der Waals surface area contributed by atoms with Gasteiger partial charge in [-0.05, 0) is 54.7 Å². The lowest BCUT2D eigenvalue weighted by Gasteiger charge is -2.24. The summed E-state index contributed by atoms with van der Waals surface area (Å²) < 4.78 is 5.25. The predicted octanol–water partition coefficient (Wildman–Crippen LogP) is 4.26. The molecule has 0 spiro atoms. The molecule has 1 atom stereocenters. The Labute approximate surface area is 155 Å². The summed E-state index contributed by atoms with van der Waals surface area (Å²) >= 11 is 0. The second-order valence-electron chi connectivity index (χ2n) is 6.85. The van der Waals surface area contributed by atoms with Crippen LogP contribution in [0.25, 0.3) is 11.1 Å². The Morgan fingerprint density at radius 3 is 2.58 bits per heavy atom. The largest absolute Gasteiger partial charge is 0.496 e. The van der Waals surface area contributed by atoms with Crippen LogP contribution in [0.3, 0.4) is 0 Å². The van der Waals surface area contributed by atoms with Gasteiger partial charge in [0.05, 0.1) is 13.7 Å². The highest BCUT2D eigenvalue weighted by molar-refractivity contribution is 5.95. The van der Waals surface area contributed by atoms with Gasteiger partial charge in [0.15, 0.2) is 0 Å². The fraction of sp³-hybridized carbons (Fsp3) is 0.409. The first-order valence-electron chi connectivity index (χ1n) is 9.37. The number of aliphatic hydroxyl groups excluding tert-OH is 1. The number of carbonyl (C=O) groups is 1. The Balaban J connectivity index is 1.79. The van der Waals surface area contributed by atoms with Crippen molar-refractivity contribution < 1.29 is 14.6 Å². The van der Waals surface area contributed by atoms with Crippen LogP contribution in [0.15, 0.2) is 42.5 Å². The number of aliphatic hydroxyl groups is 1. The fourth-order valence-electron chi connectivity index (χ4n) is 3.79. The van der Waals surface area contributed by atoms with Crippen LogP contribution >= 0.6 is 0 Å². The Kier molecular flexibility index (Phi) is 5.94. The monoisotopic (exact) mass is 353 g/mol. The molecule has 1 N–H and O–H groups in total. The highest BCUT2D eigenvalue weighted by Crippen LogP contribution is 2.28. The molecule has 2 aromatic rings. The predicted molar refractivity (Wildman–Crippen MR) is 103 cm³/mol. The number of nitrogens with zero attached hydrogens (tertiary/aromatic N) is 1. The van der Waals surface area contributed by atoms with E-state index in [0.29, 0.717) is 11.8 Å². The van der Waals surface area contributed by atoms with Crippen LogP contribution in [0.2, 0.25) is 0 Å². The highest BCUT2D eigenvalue weighted by atomic mass is 16.5. The van der Waals surface area contributed by atoms with Crippen molar-refractivity contribution in [2.24, 2.45) is 0 Å². The lowest BCUT2D eigenvalue weighted by molar-refractivity contribution is 0.0730. The van der Waals surface area contributed by atoms with E-state index in [1.807, 2.05) is 47.4 Å². The lowest BCUT2D eigenvalue weighted by Crippen LogP contribution is -2.35. The van der Waals surface area contributed by atoms with Crippen molar-refractivity contribution in [2.75, 3.05) is 13.7 Å². The topological polar surface area (TPSA) is 49.8 Å². The van der Waals surface area contributed by atoms with Gasteiger partial charge >= 0.3 is 0 Å². The molecule has 1 unspecified atom stereocenters. The van der Waals surface area contributed by atoms with Gasteiger partial charge in [-0.2, -0.15) is 0 Å². The van der Waals surface area contributed by atoms with E-state index >= 15 is 0 Å². The summed E-state index contributed by atoms with van der Waals surface area (Å²) in [5.41, 5.74) is 3.52. The summed E-state index contributed by atoms with van der Waals surface area (Å²) in [4.78, 5) is 14.9. The van der Waals surface area contributed by atoms with Crippen LogP contribution in [-0.2, 0) is 6.61 Å². The molecule has 1 heterocycles. The molecule has 0 radical (unpaired) electrons. The van der Waals surface area contributed by atoms with Crippen LogP contribution < -0.4 is 4.74 Å². The van der Waals surface area contributed by atoms with Gasteiger partial charge in [0.2, 0.25) is 0 Å². The van der Waals surface area contributed by atoms with E-state index in [4.69, 9.17) is 4.74 Å². The number of hydrogen-bond acceptors (Lipinski definition) is 3. The molecule has 138 valence electrons. The molecule has 3 rings (SSSR count). The summed E-state index contributed by atoms with van der Waals surface area (Å²) in [7, 11) is 1.60. The summed E-state index contributed by atoms with van der Waals surface area (Å²) in [6, 6.07) is 13.9. The second-order valence-corrected chi connectivity index (χ2v) is 6.85. The van der Waals surface area contributed by atoms with Gasteiger partial charge in [0.1, 0.15) is 5.75 Å². The van der Waals surface area contributed by atoms with Crippen molar-refractivity contribution in [2.45, 2.75) is 45.3 Å². The number of amides is 1. The maximum Gasteiger partial charge on any atom is 0.254 e. The first-order chi connectivity index (χ1) is 12.7. The lowest BCUT2D eigenvalue weighted by atomic mass is 10.0. The summed E-state index contributed by atoms with van der Waals surface area (Å²) in [6.07, 6.45) is 4.41. The zero-order chi connectivity index (χ0) is 18.5. The Hall–Kier alpha value is -2.33. The third-order valence-electron chi connectivity index (χ3n) is 5.18. The van der Waals surface area contributed by atoms with E-state index in [1.165, 1.54) is 0 Å². The normalized spacial score (nSPS) is 16.7. The van der Waals surface area contributed by atoms with Crippen molar-refractivity contribution >= 4 is 5.91 Å². The maximum atomic E-state index is 12.8. The van der Waals surface area contributed by atoms with E-state index in [0.717, 1.165) is 54.5 Å². The Morgan fingerprint density at radius 1 is 1.19 bits per heavy atom. The van der Waals surface area contributed by atoms with Crippen molar-refractivity contribution in [3.05, 3.63) is 53.6 Å². The summed E-state index contributed by atoms with van der Waals surface area (Å²) in [5, 5.41) is 9.50. The van der Waals surface area contributed by atoms with Gasteiger partial charge in [0, 0.05) is 23.7 Å². The van der Waals surface area contributed by atoms with E-state index < -0.39 is 0 Å². The van der Waals surface area contributed by atoms with Crippen LogP contribution in [0.4, 0.5) is 0 Å². The molecule has 26 heavy (non-hydrogen) atoms. The maximum absolute atomic E-state index is 12.8. The van der Waals surface area contributed by atoms with Crippen molar-refractivity contribution in [1.82, 2.24) is 4.90 Å². The zero-order valence-electron chi connectivity index (χ0n) is 15.6.